The zero-order valence-corrected chi connectivity index (χ0v) is 5.86. The Hall–Kier alpha value is 0.137. The van der Waals surface area contributed by atoms with E-state index in [-0.39, 0.29) is 0 Å². The number of rotatable bonds is 1. The van der Waals surface area contributed by atoms with E-state index in [0.29, 0.717) is 0 Å². The smallest absolute Gasteiger partial charge is 0.113 e. The monoisotopic (exact) mass is 91.0 g/mol. The molecule has 0 unspecified atom stereocenters. The molecular weight excluding hydrogens is 82.1 g/mol. The normalized spacial score (nSPS) is 10.2. The van der Waals surface area contributed by atoms with Crippen LogP contribution in [-0.2, 0) is 4.84 Å². The molecule has 0 atom stereocenters. The highest BCUT2D eigenvalue weighted by atomic mass is 28.2. The first-order chi connectivity index (χ1) is 2.27. The zero-order chi connectivity index (χ0) is 4.28. The van der Waals surface area contributed by atoms with E-state index in [0.717, 1.165) is 10.4 Å². The lowest BCUT2D eigenvalue weighted by atomic mass is 11.5. The molecular formula is C2H9NOSi. The predicted molar refractivity (Wildman–Crippen MR) is 24.7 cm³/mol. The van der Waals surface area contributed by atoms with E-state index in [1.165, 1.54) is 0 Å². The Bertz CT molecular complexity index is 23.6. The third-order valence-electron chi connectivity index (χ3n) is 0.365. The van der Waals surface area contributed by atoms with Crippen molar-refractivity contribution in [3.05, 3.63) is 0 Å². The Labute approximate surface area is 35.2 Å². The van der Waals surface area contributed by atoms with Gasteiger partial charge in [0.25, 0.3) is 0 Å². The summed E-state index contributed by atoms with van der Waals surface area (Å²) >= 11 is 0. The molecule has 32 valence electrons. The minimum absolute atomic E-state index is 0.981. The van der Waals surface area contributed by atoms with Crippen LogP contribution in [0.1, 0.15) is 0 Å². The van der Waals surface area contributed by atoms with Crippen molar-refractivity contribution in [3.63, 3.8) is 0 Å². The summed E-state index contributed by atoms with van der Waals surface area (Å²) in [4.78, 5) is 4.65. The molecule has 2 nitrogen and oxygen atoms in total. The van der Waals surface area contributed by atoms with Gasteiger partial charge in [-0.25, -0.2) is 4.73 Å². The van der Waals surface area contributed by atoms with Gasteiger partial charge in [-0.2, -0.15) is 0 Å². The minimum Gasteiger partial charge on any atom is -0.311 e. The minimum atomic E-state index is 0.981. The molecule has 0 aliphatic carbocycles. The van der Waals surface area contributed by atoms with Gasteiger partial charge in [0.1, 0.15) is 10.4 Å². The van der Waals surface area contributed by atoms with Crippen LogP contribution in [0.15, 0.2) is 0 Å². The topological polar surface area (TPSA) is 12.5 Å². The molecule has 0 aliphatic rings. The van der Waals surface area contributed by atoms with Gasteiger partial charge in [0.15, 0.2) is 0 Å². The number of hydrogen-bond acceptors (Lipinski definition) is 2. The maximum atomic E-state index is 4.65. The zero-order valence-electron chi connectivity index (χ0n) is 3.86. The van der Waals surface area contributed by atoms with Crippen molar-refractivity contribution in [1.82, 2.24) is 4.73 Å². The quantitative estimate of drug-likeness (QED) is 0.296. The second kappa shape index (κ2) is 2.38. The fourth-order valence-corrected chi connectivity index (χ4v) is 0. The van der Waals surface area contributed by atoms with Crippen LogP contribution in [0, 0.1) is 0 Å². The molecule has 0 saturated carbocycles. The molecule has 0 saturated heterocycles. The first-order valence-corrected chi connectivity index (χ1v) is 2.38. The van der Waals surface area contributed by atoms with E-state index < -0.39 is 0 Å². The van der Waals surface area contributed by atoms with Crippen LogP contribution >= 0.6 is 0 Å². The molecule has 0 heterocycles. The highest BCUT2D eigenvalue weighted by molar-refractivity contribution is 6.03. The highest BCUT2D eigenvalue weighted by Crippen LogP contribution is 1.62. The summed E-state index contributed by atoms with van der Waals surface area (Å²) in [6.45, 7) is 0. The van der Waals surface area contributed by atoms with Crippen molar-refractivity contribution in [2.24, 2.45) is 0 Å². The predicted octanol–water partition coefficient (Wildman–Crippen LogP) is -1.24. The Morgan fingerprint density at radius 3 is 2.00 bits per heavy atom. The number of hydrogen-bond donors (Lipinski definition) is 0. The summed E-state index contributed by atoms with van der Waals surface area (Å²) in [6.07, 6.45) is 0. The summed E-state index contributed by atoms with van der Waals surface area (Å²) < 4.78 is 1.76. The third kappa shape index (κ3) is 4.14. The highest BCUT2D eigenvalue weighted by Gasteiger charge is 1.70. The number of hydroxylamine groups is 1. The van der Waals surface area contributed by atoms with Crippen LogP contribution in [0.2, 0.25) is 0 Å². The molecule has 0 N–H and O–H groups in total. The average molecular weight is 91.2 g/mol. The van der Waals surface area contributed by atoms with Crippen molar-refractivity contribution >= 4 is 10.4 Å². The van der Waals surface area contributed by atoms with Crippen LogP contribution in [0.25, 0.3) is 0 Å². The van der Waals surface area contributed by atoms with Gasteiger partial charge < -0.3 is 4.84 Å². The first kappa shape index (κ1) is 5.14. The maximum Gasteiger partial charge on any atom is 0.113 e. The molecule has 0 bridgehead atoms. The number of nitrogens with zero attached hydrogens (tertiary/aromatic N) is 1. The fraction of sp³-hybridized carbons (Fsp3) is 1.00. The van der Waals surface area contributed by atoms with Gasteiger partial charge in [0, 0.05) is 7.05 Å². The van der Waals surface area contributed by atoms with Gasteiger partial charge in [0.2, 0.25) is 0 Å². The molecule has 0 aromatic carbocycles. The molecule has 0 aliphatic heterocycles. The lowest BCUT2D eigenvalue weighted by Crippen LogP contribution is -2.10. The molecule has 0 fully saturated rings. The fourth-order valence-electron chi connectivity index (χ4n) is 0. The van der Waals surface area contributed by atoms with Gasteiger partial charge in [-0.1, -0.05) is 0 Å². The van der Waals surface area contributed by atoms with Crippen LogP contribution in [0.4, 0.5) is 0 Å². The van der Waals surface area contributed by atoms with Gasteiger partial charge in [-0.3, -0.25) is 0 Å². The summed E-state index contributed by atoms with van der Waals surface area (Å²) in [7, 11) is 4.54. The Morgan fingerprint density at radius 1 is 1.80 bits per heavy atom. The maximum absolute atomic E-state index is 4.65. The first-order valence-electron chi connectivity index (χ1n) is 1.49. The third-order valence-corrected chi connectivity index (χ3v) is 0.730. The Balaban J connectivity index is 2.54. The second-order valence-electron chi connectivity index (χ2n) is 0.995. The van der Waals surface area contributed by atoms with Crippen LogP contribution in [0.5, 0.6) is 0 Å². The summed E-state index contributed by atoms with van der Waals surface area (Å²) in [5.74, 6) is 0. The molecule has 0 radical (unpaired) electrons. The standard InChI is InChI=1S/C2H9NOSi/c1-3(5)4-2/h1-2,5H3. The van der Waals surface area contributed by atoms with Crippen LogP contribution < -0.4 is 0 Å². The van der Waals surface area contributed by atoms with Crippen molar-refractivity contribution in [3.8, 4) is 0 Å². The molecule has 0 rings (SSSR count). The van der Waals surface area contributed by atoms with Crippen LogP contribution in [0.3, 0.4) is 0 Å². The average Bonchev–Trinajstić information content (AvgIpc) is 1.38. The van der Waals surface area contributed by atoms with E-state index >= 15 is 0 Å². The molecule has 0 aromatic rings. The van der Waals surface area contributed by atoms with E-state index in [4.69, 9.17) is 0 Å². The van der Waals surface area contributed by atoms with Crippen molar-refractivity contribution in [1.29, 1.82) is 0 Å². The van der Waals surface area contributed by atoms with E-state index in [9.17, 15) is 0 Å². The molecule has 5 heavy (non-hydrogen) atoms. The summed E-state index contributed by atoms with van der Waals surface area (Å²) in [5.41, 5.74) is 0. The van der Waals surface area contributed by atoms with Gasteiger partial charge in [-0.05, 0) is 0 Å². The van der Waals surface area contributed by atoms with Crippen molar-refractivity contribution < 1.29 is 4.84 Å². The van der Waals surface area contributed by atoms with Crippen molar-refractivity contribution in [2.75, 3.05) is 14.2 Å². The lowest BCUT2D eigenvalue weighted by Gasteiger charge is -2.01. The molecule has 0 spiro atoms. The van der Waals surface area contributed by atoms with E-state index in [2.05, 4.69) is 4.84 Å². The Morgan fingerprint density at radius 2 is 2.00 bits per heavy atom. The van der Waals surface area contributed by atoms with Gasteiger partial charge in [-0.15, -0.1) is 0 Å². The SMILES string of the molecule is CON(C)[SiH3]. The van der Waals surface area contributed by atoms with E-state index in [1.807, 2.05) is 7.05 Å². The Kier molecular flexibility index (Phi) is 2.44. The molecule has 0 amide bonds. The van der Waals surface area contributed by atoms with Crippen molar-refractivity contribution in [2.45, 2.75) is 0 Å². The summed E-state index contributed by atoms with van der Waals surface area (Å²) in [5, 5.41) is 0. The van der Waals surface area contributed by atoms with Gasteiger partial charge in [0.05, 0.1) is 7.11 Å². The van der Waals surface area contributed by atoms with Crippen LogP contribution in [-0.4, -0.2) is 29.3 Å². The molecule has 3 heteroatoms. The summed E-state index contributed by atoms with van der Waals surface area (Å²) in [6, 6.07) is 0. The largest absolute Gasteiger partial charge is 0.311 e. The van der Waals surface area contributed by atoms with E-state index in [1.54, 1.807) is 11.8 Å². The lowest BCUT2D eigenvalue weighted by molar-refractivity contribution is -0.0251. The second-order valence-corrected chi connectivity index (χ2v) is 2.25. The van der Waals surface area contributed by atoms with Gasteiger partial charge >= 0.3 is 0 Å². The molecule has 0 aromatic heterocycles.